The van der Waals surface area contributed by atoms with Crippen molar-refractivity contribution in [3.8, 4) is 0 Å². The normalized spacial score (nSPS) is 23.6. The average Bonchev–Trinajstić information content (AvgIpc) is 2.47. The van der Waals surface area contributed by atoms with Gasteiger partial charge in [0.25, 0.3) is 12.4 Å². The van der Waals surface area contributed by atoms with Crippen LogP contribution in [0.15, 0.2) is 11.3 Å². The van der Waals surface area contributed by atoms with Gasteiger partial charge in [-0.3, -0.25) is 19.3 Å². The maximum absolute atomic E-state index is 12.5. The smallest absolute Gasteiger partial charge is 0.355 e. The minimum atomic E-state index is -0.727. The topological polar surface area (TPSA) is 102 Å². The molecule has 0 aromatic rings. The number of carbonyl (C=O) groups is 4. The maximum Gasteiger partial charge on any atom is 0.355 e. The summed E-state index contributed by atoms with van der Waals surface area (Å²) in [5.41, 5.74) is -0.125. The van der Waals surface area contributed by atoms with Crippen molar-refractivity contribution in [3.63, 3.8) is 0 Å². The number of β-lactam (4-membered cyclic amide) rings is 1. The van der Waals surface area contributed by atoms with E-state index < -0.39 is 23.5 Å². The minimum absolute atomic E-state index is 0.0899. The third-order valence-corrected chi connectivity index (χ3v) is 4.55. The Hall–Kier alpha value is -2.03. The fourth-order valence-corrected chi connectivity index (χ4v) is 3.68. The first-order valence-electron chi connectivity index (χ1n) is 6.95. The van der Waals surface area contributed by atoms with Gasteiger partial charge >= 0.3 is 5.97 Å². The molecule has 8 nitrogen and oxygen atoms in total. The predicted molar refractivity (Wildman–Crippen MR) is 81.0 cm³/mol. The third-order valence-electron chi connectivity index (χ3n) is 3.21. The Bertz CT molecular complexity index is 568. The second-order valence-corrected chi connectivity index (χ2v) is 7.14. The second kappa shape index (κ2) is 6.61. The van der Waals surface area contributed by atoms with Gasteiger partial charge in [0.15, 0.2) is 0 Å². The molecule has 0 aromatic heterocycles. The molecule has 2 aliphatic heterocycles. The van der Waals surface area contributed by atoms with Gasteiger partial charge in [-0.1, -0.05) is 0 Å². The van der Waals surface area contributed by atoms with Gasteiger partial charge in [0.2, 0.25) is 6.41 Å². The number of hydrogen-bond donors (Lipinski definition) is 1. The standard InChI is InChI=1S/C14H18N2O6S/c1-14(2,3)22-13(20)10-8(4-21-7-18)5-23-12-9(15-6-17)11(19)16(10)12/h6-7,9,12H,4-5H2,1-3H3,(H,15,17). The summed E-state index contributed by atoms with van der Waals surface area (Å²) in [5, 5.41) is 2.08. The summed E-state index contributed by atoms with van der Waals surface area (Å²) in [4.78, 5) is 47.0. The highest BCUT2D eigenvalue weighted by Crippen LogP contribution is 2.40. The van der Waals surface area contributed by atoms with Crippen molar-refractivity contribution in [2.75, 3.05) is 12.4 Å². The summed E-state index contributed by atoms with van der Waals surface area (Å²) >= 11 is 1.38. The van der Waals surface area contributed by atoms with Gasteiger partial charge in [-0.15, -0.1) is 11.8 Å². The highest BCUT2D eigenvalue weighted by Gasteiger charge is 2.54. The van der Waals surface area contributed by atoms with E-state index in [0.717, 1.165) is 0 Å². The molecule has 0 aliphatic carbocycles. The zero-order chi connectivity index (χ0) is 17.2. The van der Waals surface area contributed by atoms with E-state index in [1.807, 2.05) is 0 Å². The number of rotatable bonds is 6. The molecule has 2 aliphatic rings. The summed E-state index contributed by atoms with van der Waals surface area (Å²) in [5.74, 6) is -0.641. The zero-order valence-electron chi connectivity index (χ0n) is 13.0. The van der Waals surface area contributed by atoms with Crippen LogP contribution in [0.4, 0.5) is 0 Å². The Balaban J connectivity index is 2.30. The van der Waals surface area contributed by atoms with E-state index in [2.05, 4.69) is 5.32 Å². The number of fused-ring (bicyclic) bond motifs is 1. The first kappa shape index (κ1) is 17.3. The Morgan fingerprint density at radius 3 is 2.70 bits per heavy atom. The molecule has 23 heavy (non-hydrogen) atoms. The first-order valence-corrected chi connectivity index (χ1v) is 8.00. The first-order chi connectivity index (χ1) is 10.8. The van der Waals surface area contributed by atoms with Crippen LogP contribution in [0.2, 0.25) is 0 Å². The molecular weight excluding hydrogens is 324 g/mol. The van der Waals surface area contributed by atoms with Crippen LogP contribution in [-0.2, 0) is 28.7 Å². The monoisotopic (exact) mass is 342 g/mol. The lowest BCUT2D eigenvalue weighted by Crippen LogP contribution is -2.69. The van der Waals surface area contributed by atoms with E-state index in [0.29, 0.717) is 17.7 Å². The van der Waals surface area contributed by atoms with E-state index in [-0.39, 0.29) is 24.2 Å². The fourth-order valence-electron chi connectivity index (χ4n) is 2.34. The highest BCUT2D eigenvalue weighted by atomic mass is 32.2. The van der Waals surface area contributed by atoms with Crippen molar-refractivity contribution >= 4 is 36.5 Å². The molecular formula is C14H18N2O6S. The summed E-state index contributed by atoms with van der Waals surface area (Å²) in [6, 6.07) is -0.663. The molecule has 0 bridgehead atoms. The van der Waals surface area contributed by atoms with E-state index in [9.17, 15) is 19.2 Å². The van der Waals surface area contributed by atoms with Gasteiger partial charge in [0.05, 0.1) is 0 Å². The lowest BCUT2D eigenvalue weighted by molar-refractivity contribution is -0.158. The van der Waals surface area contributed by atoms with Crippen molar-refractivity contribution in [2.24, 2.45) is 0 Å². The van der Waals surface area contributed by atoms with Gasteiger partial charge in [0, 0.05) is 11.3 Å². The predicted octanol–water partition coefficient (Wildman–Crippen LogP) is -0.215. The maximum atomic E-state index is 12.5. The Morgan fingerprint density at radius 2 is 2.13 bits per heavy atom. The fraction of sp³-hybridized carbons (Fsp3) is 0.571. The number of ether oxygens (including phenoxy) is 2. The van der Waals surface area contributed by atoms with E-state index in [1.165, 1.54) is 16.7 Å². The van der Waals surface area contributed by atoms with Gasteiger partial charge in [0.1, 0.15) is 29.3 Å². The molecule has 1 saturated heterocycles. The number of nitrogens with one attached hydrogen (secondary N) is 1. The summed E-state index contributed by atoms with van der Waals surface area (Å²) in [7, 11) is 0. The Labute approximate surface area is 137 Å². The van der Waals surface area contributed by atoms with Gasteiger partial charge in [-0.2, -0.15) is 0 Å². The molecule has 2 atom stereocenters. The number of thioether (sulfide) groups is 1. The largest absolute Gasteiger partial charge is 0.463 e. The summed E-state index contributed by atoms with van der Waals surface area (Å²) in [6.07, 6.45) is 0.461. The number of amides is 2. The minimum Gasteiger partial charge on any atom is -0.463 e. The number of esters is 1. The molecule has 2 rings (SSSR count). The van der Waals surface area contributed by atoms with Crippen LogP contribution in [0.5, 0.6) is 0 Å². The van der Waals surface area contributed by atoms with Crippen molar-refractivity contribution in [1.29, 1.82) is 0 Å². The molecule has 126 valence electrons. The van der Waals surface area contributed by atoms with Crippen molar-refractivity contribution in [1.82, 2.24) is 10.2 Å². The molecule has 0 radical (unpaired) electrons. The van der Waals surface area contributed by atoms with Crippen molar-refractivity contribution in [3.05, 3.63) is 11.3 Å². The van der Waals surface area contributed by atoms with Gasteiger partial charge < -0.3 is 14.8 Å². The molecule has 2 unspecified atom stereocenters. The molecule has 0 aromatic carbocycles. The molecule has 0 spiro atoms. The summed E-state index contributed by atoms with van der Waals surface area (Å²) in [6.45, 7) is 5.35. The van der Waals surface area contributed by atoms with Gasteiger partial charge in [-0.25, -0.2) is 4.79 Å². The third kappa shape index (κ3) is 3.49. The van der Waals surface area contributed by atoms with E-state index >= 15 is 0 Å². The van der Waals surface area contributed by atoms with Gasteiger partial charge in [-0.05, 0) is 20.8 Å². The average molecular weight is 342 g/mol. The second-order valence-electron chi connectivity index (χ2n) is 6.03. The van der Waals surface area contributed by atoms with Crippen LogP contribution >= 0.6 is 11.8 Å². The van der Waals surface area contributed by atoms with Crippen LogP contribution in [0, 0.1) is 0 Å². The molecule has 2 amide bonds. The van der Waals surface area contributed by atoms with Crippen molar-refractivity contribution < 1.29 is 28.7 Å². The number of hydrogen-bond acceptors (Lipinski definition) is 7. The Morgan fingerprint density at radius 1 is 1.43 bits per heavy atom. The van der Waals surface area contributed by atoms with Crippen LogP contribution in [0.3, 0.4) is 0 Å². The number of nitrogens with zero attached hydrogens (tertiary/aromatic N) is 1. The lowest BCUT2D eigenvalue weighted by Gasteiger charge is -2.49. The van der Waals surface area contributed by atoms with E-state index in [1.54, 1.807) is 20.8 Å². The molecule has 9 heteroatoms. The zero-order valence-corrected chi connectivity index (χ0v) is 13.8. The summed E-state index contributed by atoms with van der Waals surface area (Å²) < 4.78 is 10.1. The van der Waals surface area contributed by atoms with Crippen LogP contribution in [0.1, 0.15) is 20.8 Å². The molecule has 1 fully saturated rings. The van der Waals surface area contributed by atoms with Crippen LogP contribution in [-0.4, -0.2) is 59.0 Å². The SMILES string of the molecule is CC(C)(C)OC(=O)C1=C(COC=O)CSC2C(NC=O)C(=O)N12. The van der Waals surface area contributed by atoms with Crippen LogP contribution < -0.4 is 5.32 Å². The number of carbonyl (C=O) groups excluding carboxylic acids is 4. The Kier molecular flexibility index (Phi) is 4.98. The molecule has 2 heterocycles. The highest BCUT2D eigenvalue weighted by molar-refractivity contribution is 8.00. The van der Waals surface area contributed by atoms with Crippen LogP contribution in [0.25, 0.3) is 0 Å². The molecule has 0 saturated carbocycles. The van der Waals surface area contributed by atoms with E-state index in [4.69, 9.17) is 9.47 Å². The van der Waals surface area contributed by atoms with Crippen molar-refractivity contribution in [2.45, 2.75) is 37.8 Å². The molecule has 1 N–H and O–H groups in total. The lowest BCUT2D eigenvalue weighted by atomic mass is 10.0. The quantitative estimate of drug-likeness (QED) is 0.405.